The van der Waals surface area contributed by atoms with Crippen LogP contribution in [0.5, 0.6) is 0 Å². The van der Waals surface area contributed by atoms with Gasteiger partial charge in [-0.15, -0.1) is 0 Å². The molecule has 0 saturated carbocycles. The van der Waals surface area contributed by atoms with Crippen LogP contribution in [0.15, 0.2) is 47.4 Å². The van der Waals surface area contributed by atoms with Crippen LogP contribution in [0, 0.1) is 11.3 Å². The molecule has 0 aliphatic rings. The summed E-state index contributed by atoms with van der Waals surface area (Å²) in [6.07, 6.45) is 0. The first-order valence-corrected chi connectivity index (χ1v) is 8.10. The summed E-state index contributed by atoms with van der Waals surface area (Å²) in [4.78, 5) is 0.0339. The van der Waals surface area contributed by atoms with Gasteiger partial charge in [-0.2, -0.15) is 5.26 Å². The maximum absolute atomic E-state index is 12.2. The Morgan fingerprint density at radius 1 is 1.14 bits per heavy atom. The highest BCUT2D eigenvalue weighted by molar-refractivity contribution is 7.89. The molecule has 0 aliphatic heterocycles. The van der Waals surface area contributed by atoms with Crippen LogP contribution in [-0.2, 0) is 16.6 Å². The summed E-state index contributed by atoms with van der Waals surface area (Å²) in [5, 5.41) is 9.67. The second-order valence-corrected chi connectivity index (χ2v) is 6.81. The molecule has 0 fully saturated rings. The van der Waals surface area contributed by atoms with E-state index in [1.54, 1.807) is 18.2 Å². The molecule has 0 amide bonds. The maximum Gasteiger partial charge on any atom is 0.240 e. The van der Waals surface area contributed by atoms with E-state index in [1.807, 2.05) is 6.07 Å². The molecule has 108 valence electrons. The van der Waals surface area contributed by atoms with Crippen molar-refractivity contribution in [2.24, 2.45) is 0 Å². The van der Waals surface area contributed by atoms with E-state index in [4.69, 9.17) is 28.5 Å². The topological polar surface area (TPSA) is 70.0 Å². The minimum absolute atomic E-state index is 0.0339. The summed E-state index contributed by atoms with van der Waals surface area (Å²) < 4.78 is 26.8. The number of nitriles is 1. The number of rotatable bonds is 4. The molecule has 0 heterocycles. The highest BCUT2D eigenvalue weighted by Crippen LogP contribution is 2.21. The number of sulfonamides is 1. The molecular formula is C14H10Cl2N2O2S. The van der Waals surface area contributed by atoms with Gasteiger partial charge in [0.15, 0.2) is 0 Å². The molecule has 0 aliphatic carbocycles. The maximum atomic E-state index is 12.2. The van der Waals surface area contributed by atoms with E-state index in [0.717, 1.165) is 0 Å². The van der Waals surface area contributed by atoms with Crippen molar-refractivity contribution < 1.29 is 8.42 Å². The Morgan fingerprint density at radius 3 is 2.57 bits per heavy atom. The zero-order chi connectivity index (χ0) is 15.5. The average Bonchev–Trinajstić information content (AvgIpc) is 2.46. The van der Waals surface area contributed by atoms with E-state index >= 15 is 0 Å². The van der Waals surface area contributed by atoms with E-state index < -0.39 is 10.0 Å². The van der Waals surface area contributed by atoms with Crippen LogP contribution < -0.4 is 4.72 Å². The lowest BCUT2D eigenvalue weighted by Crippen LogP contribution is -2.23. The monoisotopic (exact) mass is 340 g/mol. The molecule has 0 radical (unpaired) electrons. The van der Waals surface area contributed by atoms with Gasteiger partial charge in [-0.25, -0.2) is 13.1 Å². The van der Waals surface area contributed by atoms with E-state index in [1.165, 1.54) is 24.3 Å². The third kappa shape index (κ3) is 3.96. The van der Waals surface area contributed by atoms with Crippen molar-refractivity contribution in [3.63, 3.8) is 0 Å². The molecule has 0 unspecified atom stereocenters. The van der Waals surface area contributed by atoms with Gasteiger partial charge in [0.05, 0.1) is 16.5 Å². The molecule has 4 nitrogen and oxygen atoms in total. The fourth-order valence-electron chi connectivity index (χ4n) is 1.65. The SMILES string of the molecule is N#Cc1cccc(S(=O)(=O)NCc2ccc(Cl)cc2Cl)c1. The Hall–Kier alpha value is -1.58. The van der Waals surface area contributed by atoms with Crippen LogP contribution in [-0.4, -0.2) is 8.42 Å². The number of benzene rings is 2. The van der Waals surface area contributed by atoms with Crippen molar-refractivity contribution in [2.45, 2.75) is 11.4 Å². The quantitative estimate of drug-likeness (QED) is 0.927. The van der Waals surface area contributed by atoms with Crippen LogP contribution in [0.2, 0.25) is 10.0 Å². The van der Waals surface area contributed by atoms with E-state index in [9.17, 15) is 8.42 Å². The Kier molecular flexibility index (Phi) is 4.86. The predicted molar refractivity (Wildman–Crippen MR) is 81.6 cm³/mol. The van der Waals surface area contributed by atoms with Crippen LogP contribution in [0.4, 0.5) is 0 Å². The third-order valence-electron chi connectivity index (χ3n) is 2.74. The Morgan fingerprint density at radius 2 is 1.90 bits per heavy atom. The van der Waals surface area contributed by atoms with E-state index in [2.05, 4.69) is 4.72 Å². The van der Waals surface area contributed by atoms with Crippen molar-refractivity contribution in [1.82, 2.24) is 4.72 Å². The Balaban J connectivity index is 2.20. The molecular weight excluding hydrogens is 331 g/mol. The zero-order valence-corrected chi connectivity index (χ0v) is 13.0. The van der Waals surface area contributed by atoms with Gasteiger partial charge in [0.1, 0.15) is 0 Å². The predicted octanol–water partition coefficient (Wildman–Crippen LogP) is 3.34. The summed E-state index contributed by atoms with van der Waals surface area (Å²) in [5.74, 6) is 0. The lowest BCUT2D eigenvalue weighted by atomic mass is 10.2. The second-order valence-electron chi connectivity index (χ2n) is 4.20. The molecule has 0 bridgehead atoms. The number of nitrogens with zero attached hydrogens (tertiary/aromatic N) is 1. The second kappa shape index (κ2) is 6.46. The summed E-state index contributed by atoms with van der Waals surface area (Å²) in [7, 11) is -3.71. The zero-order valence-electron chi connectivity index (χ0n) is 10.7. The first-order valence-electron chi connectivity index (χ1n) is 5.86. The van der Waals surface area contributed by atoms with Crippen molar-refractivity contribution in [3.05, 3.63) is 63.6 Å². The molecule has 1 N–H and O–H groups in total. The van der Waals surface area contributed by atoms with Gasteiger partial charge < -0.3 is 0 Å². The number of hydrogen-bond donors (Lipinski definition) is 1. The Labute approximate surface area is 133 Å². The number of halogens is 2. The van der Waals surface area contributed by atoms with Crippen LogP contribution >= 0.6 is 23.2 Å². The molecule has 2 rings (SSSR count). The minimum Gasteiger partial charge on any atom is -0.207 e. The largest absolute Gasteiger partial charge is 0.240 e. The van der Waals surface area contributed by atoms with Gasteiger partial charge in [-0.1, -0.05) is 35.3 Å². The van der Waals surface area contributed by atoms with Gasteiger partial charge in [-0.05, 0) is 35.9 Å². The van der Waals surface area contributed by atoms with Gasteiger partial charge in [-0.3, -0.25) is 0 Å². The molecule has 2 aromatic rings. The molecule has 0 aromatic heterocycles. The molecule has 0 saturated heterocycles. The highest BCUT2D eigenvalue weighted by Gasteiger charge is 2.15. The van der Waals surface area contributed by atoms with Crippen molar-refractivity contribution in [1.29, 1.82) is 5.26 Å². The van der Waals surface area contributed by atoms with E-state index in [-0.39, 0.29) is 17.0 Å². The molecule has 0 spiro atoms. The summed E-state index contributed by atoms with van der Waals surface area (Å²) in [6, 6.07) is 12.5. The first kappa shape index (κ1) is 15.8. The summed E-state index contributed by atoms with van der Waals surface area (Å²) in [6.45, 7) is 0.0368. The normalized spacial score (nSPS) is 11.1. The lowest BCUT2D eigenvalue weighted by molar-refractivity contribution is 0.581. The fraction of sp³-hybridized carbons (Fsp3) is 0.0714. The summed E-state index contributed by atoms with van der Waals surface area (Å²) in [5.41, 5.74) is 0.892. The number of hydrogen-bond acceptors (Lipinski definition) is 3. The van der Waals surface area contributed by atoms with Crippen molar-refractivity contribution in [3.8, 4) is 6.07 Å². The summed E-state index contributed by atoms with van der Waals surface area (Å²) >= 11 is 11.8. The van der Waals surface area contributed by atoms with Gasteiger partial charge >= 0.3 is 0 Å². The molecule has 0 atom stereocenters. The fourth-order valence-corrected chi connectivity index (χ4v) is 3.18. The van der Waals surface area contributed by atoms with Crippen LogP contribution in [0.3, 0.4) is 0 Å². The molecule has 21 heavy (non-hydrogen) atoms. The Bertz CT molecular complexity index is 814. The highest BCUT2D eigenvalue weighted by atomic mass is 35.5. The van der Waals surface area contributed by atoms with Crippen LogP contribution in [0.1, 0.15) is 11.1 Å². The molecule has 2 aromatic carbocycles. The lowest BCUT2D eigenvalue weighted by Gasteiger charge is -2.08. The minimum atomic E-state index is -3.71. The van der Waals surface area contributed by atoms with Crippen molar-refractivity contribution in [2.75, 3.05) is 0 Å². The van der Waals surface area contributed by atoms with Crippen LogP contribution in [0.25, 0.3) is 0 Å². The average molecular weight is 341 g/mol. The number of nitrogens with one attached hydrogen (secondary N) is 1. The van der Waals surface area contributed by atoms with Gasteiger partial charge in [0.25, 0.3) is 0 Å². The standard InChI is InChI=1S/C14H10Cl2N2O2S/c15-12-5-4-11(14(16)7-12)9-18-21(19,20)13-3-1-2-10(6-13)8-17/h1-7,18H,9H2. The van der Waals surface area contributed by atoms with Crippen molar-refractivity contribution >= 4 is 33.2 Å². The van der Waals surface area contributed by atoms with E-state index in [0.29, 0.717) is 15.6 Å². The first-order chi connectivity index (χ1) is 9.92. The smallest absolute Gasteiger partial charge is 0.207 e. The third-order valence-corrected chi connectivity index (χ3v) is 4.73. The van der Waals surface area contributed by atoms with Gasteiger partial charge in [0, 0.05) is 16.6 Å². The van der Waals surface area contributed by atoms with Gasteiger partial charge in [0.2, 0.25) is 10.0 Å². The molecule has 7 heteroatoms.